The van der Waals surface area contributed by atoms with Crippen molar-refractivity contribution in [3.8, 4) is 11.6 Å². The highest BCUT2D eigenvalue weighted by Crippen LogP contribution is 2.28. The standard InChI is InChI=1S/C14H15BrN2O/c1-2-3-10-4-6-12(7-5-10)18-14-13(15)8-11(16)9-17-14/h4-9H,2-3,16H2,1H3. The second kappa shape index (κ2) is 5.87. The molecule has 0 aliphatic carbocycles. The van der Waals surface area contributed by atoms with Crippen LogP contribution in [0.25, 0.3) is 0 Å². The summed E-state index contributed by atoms with van der Waals surface area (Å²) < 4.78 is 6.43. The van der Waals surface area contributed by atoms with Crippen molar-refractivity contribution >= 4 is 21.6 Å². The van der Waals surface area contributed by atoms with Crippen molar-refractivity contribution in [2.75, 3.05) is 5.73 Å². The van der Waals surface area contributed by atoms with E-state index in [1.165, 1.54) is 5.56 Å². The van der Waals surface area contributed by atoms with Crippen LogP contribution in [0.3, 0.4) is 0 Å². The molecular weight excluding hydrogens is 292 g/mol. The SMILES string of the molecule is CCCc1ccc(Oc2ncc(N)cc2Br)cc1. The molecule has 18 heavy (non-hydrogen) atoms. The lowest BCUT2D eigenvalue weighted by molar-refractivity contribution is 0.459. The molecule has 0 radical (unpaired) electrons. The number of hydrogen-bond donors (Lipinski definition) is 1. The van der Waals surface area contributed by atoms with Gasteiger partial charge in [-0.25, -0.2) is 4.98 Å². The van der Waals surface area contributed by atoms with E-state index in [2.05, 4.69) is 40.0 Å². The molecule has 94 valence electrons. The molecule has 2 rings (SSSR count). The Morgan fingerprint density at radius 3 is 2.61 bits per heavy atom. The molecular formula is C14H15BrN2O. The van der Waals surface area contributed by atoms with Gasteiger partial charge in [-0.15, -0.1) is 0 Å². The van der Waals surface area contributed by atoms with Crippen molar-refractivity contribution in [2.24, 2.45) is 0 Å². The summed E-state index contributed by atoms with van der Waals surface area (Å²) in [7, 11) is 0. The Morgan fingerprint density at radius 2 is 2.00 bits per heavy atom. The van der Waals surface area contributed by atoms with Crippen molar-refractivity contribution < 1.29 is 4.74 Å². The van der Waals surface area contributed by atoms with Gasteiger partial charge in [-0.05, 0) is 46.1 Å². The van der Waals surface area contributed by atoms with E-state index in [1.54, 1.807) is 12.3 Å². The van der Waals surface area contributed by atoms with E-state index in [9.17, 15) is 0 Å². The van der Waals surface area contributed by atoms with Crippen molar-refractivity contribution in [3.63, 3.8) is 0 Å². The van der Waals surface area contributed by atoms with E-state index < -0.39 is 0 Å². The number of aryl methyl sites for hydroxylation is 1. The predicted octanol–water partition coefficient (Wildman–Crippen LogP) is 4.17. The number of nitrogens with two attached hydrogens (primary N) is 1. The first-order chi connectivity index (χ1) is 8.69. The number of ether oxygens (including phenoxy) is 1. The van der Waals surface area contributed by atoms with Gasteiger partial charge in [-0.2, -0.15) is 0 Å². The van der Waals surface area contributed by atoms with Gasteiger partial charge in [0, 0.05) is 0 Å². The number of hydrogen-bond acceptors (Lipinski definition) is 3. The Labute approximate surface area is 115 Å². The summed E-state index contributed by atoms with van der Waals surface area (Å²) >= 11 is 3.38. The van der Waals surface area contributed by atoms with E-state index in [0.29, 0.717) is 11.6 Å². The second-order valence-electron chi connectivity index (χ2n) is 4.05. The average molecular weight is 307 g/mol. The molecule has 4 heteroatoms. The van der Waals surface area contributed by atoms with Crippen molar-refractivity contribution in [3.05, 3.63) is 46.6 Å². The van der Waals surface area contributed by atoms with Crippen LogP contribution in [-0.4, -0.2) is 4.98 Å². The largest absolute Gasteiger partial charge is 0.438 e. The van der Waals surface area contributed by atoms with E-state index in [0.717, 1.165) is 23.1 Å². The zero-order valence-corrected chi connectivity index (χ0v) is 11.8. The molecule has 0 spiro atoms. The number of halogens is 1. The summed E-state index contributed by atoms with van der Waals surface area (Å²) in [6.07, 6.45) is 3.81. The van der Waals surface area contributed by atoms with Gasteiger partial charge >= 0.3 is 0 Å². The van der Waals surface area contributed by atoms with Gasteiger partial charge in [-0.3, -0.25) is 0 Å². The molecule has 0 atom stereocenters. The summed E-state index contributed by atoms with van der Waals surface area (Å²) in [5, 5.41) is 0. The van der Waals surface area contributed by atoms with Gasteiger partial charge in [0.25, 0.3) is 0 Å². The summed E-state index contributed by atoms with van der Waals surface area (Å²) in [5.74, 6) is 1.29. The van der Waals surface area contributed by atoms with Crippen molar-refractivity contribution in [1.29, 1.82) is 0 Å². The van der Waals surface area contributed by atoms with Crippen molar-refractivity contribution in [2.45, 2.75) is 19.8 Å². The van der Waals surface area contributed by atoms with Gasteiger partial charge in [-0.1, -0.05) is 25.5 Å². The molecule has 3 nitrogen and oxygen atoms in total. The molecule has 0 saturated carbocycles. The first kappa shape index (κ1) is 12.9. The first-order valence-corrected chi connectivity index (χ1v) is 6.66. The molecule has 1 aromatic carbocycles. The van der Waals surface area contributed by atoms with Crippen LogP contribution in [0.4, 0.5) is 5.69 Å². The first-order valence-electron chi connectivity index (χ1n) is 5.87. The van der Waals surface area contributed by atoms with Crippen LogP contribution in [-0.2, 0) is 6.42 Å². The monoisotopic (exact) mass is 306 g/mol. The Kier molecular flexibility index (Phi) is 4.20. The third kappa shape index (κ3) is 3.23. The fraction of sp³-hybridized carbons (Fsp3) is 0.214. The number of nitrogens with zero attached hydrogens (tertiary/aromatic N) is 1. The summed E-state index contributed by atoms with van der Waals surface area (Å²) in [5.41, 5.74) is 7.54. The number of benzene rings is 1. The summed E-state index contributed by atoms with van der Waals surface area (Å²) in [4.78, 5) is 4.14. The third-order valence-corrected chi connectivity index (χ3v) is 3.07. The minimum atomic E-state index is 0.521. The lowest BCUT2D eigenvalue weighted by Crippen LogP contribution is -1.92. The molecule has 2 aromatic rings. The topological polar surface area (TPSA) is 48.1 Å². The second-order valence-corrected chi connectivity index (χ2v) is 4.91. The number of aromatic nitrogens is 1. The van der Waals surface area contributed by atoms with E-state index in [1.807, 2.05) is 12.1 Å². The molecule has 0 fully saturated rings. The molecule has 0 unspecified atom stereocenters. The highest BCUT2D eigenvalue weighted by atomic mass is 79.9. The number of anilines is 1. The molecule has 1 heterocycles. The lowest BCUT2D eigenvalue weighted by atomic mass is 10.1. The Balaban J connectivity index is 2.13. The maximum Gasteiger partial charge on any atom is 0.233 e. The van der Waals surface area contributed by atoms with Crippen LogP contribution in [0.2, 0.25) is 0 Å². The smallest absolute Gasteiger partial charge is 0.233 e. The van der Waals surface area contributed by atoms with Crippen LogP contribution in [0, 0.1) is 0 Å². The Bertz CT molecular complexity index is 526. The summed E-state index contributed by atoms with van der Waals surface area (Å²) in [6, 6.07) is 9.83. The van der Waals surface area contributed by atoms with E-state index in [-0.39, 0.29) is 0 Å². The van der Waals surface area contributed by atoms with Gasteiger partial charge < -0.3 is 10.5 Å². The lowest BCUT2D eigenvalue weighted by Gasteiger charge is -2.07. The van der Waals surface area contributed by atoms with Gasteiger partial charge in [0.1, 0.15) is 5.75 Å². The molecule has 0 aliphatic rings. The Hall–Kier alpha value is -1.55. The summed E-state index contributed by atoms with van der Waals surface area (Å²) in [6.45, 7) is 2.17. The normalized spacial score (nSPS) is 10.3. The van der Waals surface area contributed by atoms with E-state index >= 15 is 0 Å². The average Bonchev–Trinajstić information content (AvgIpc) is 2.35. The van der Waals surface area contributed by atoms with Gasteiger partial charge in [0.2, 0.25) is 5.88 Å². The highest BCUT2D eigenvalue weighted by Gasteiger charge is 2.04. The van der Waals surface area contributed by atoms with E-state index in [4.69, 9.17) is 10.5 Å². The minimum Gasteiger partial charge on any atom is -0.438 e. The van der Waals surface area contributed by atoms with Gasteiger partial charge in [0.15, 0.2) is 0 Å². The van der Waals surface area contributed by atoms with Crippen LogP contribution < -0.4 is 10.5 Å². The van der Waals surface area contributed by atoms with Crippen LogP contribution in [0.5, 0.6) is 11.6 Å². The zero-order valence-electron chi connectivity index (χ0n) is 10.2. The fourth-order valence-corrected chi connectivity index (χ4v) is 2.09. The number of pyridine rings is 1. The van der Waals surface area contributed by atoms with Crippen LogP contribution >= 0.6 is 15.9 Å². The minimum absolute atomic E-state index is 0.521. The molecule has 0 aliphatic heterocycles. The van der Waals surface area contributed by atoms with Crippen LogP contribution in [0.1, 0.15) is 18.9 Å². The molecule has 0 saturated heterocycles. The predicted molar refractivity (Wildman–Crippen MR) is 76.9 cm³/mol. The van der Waals surface area contributed by atoms with Crippen LogP contribution in [0.15, 0.2) is 41.0 Å². The Morgan fingerprint density at radius 1 is 1.28 bits per heavy atom. The molecule has 0 amide bonds. The third-order valence-electron chi connectivity index (χ3n) is 2.51. The maximum absolute atomic E-state index is 5.68. The molecule has 1 aromatic heterocycles. The van der Waals surface area contributed by atoms with Gasteiger partial charge in [0.05, 0.1) is 16.4 Å². The molecule has 0 bridgehead atoms. The quantitative estimate of drug-likeness (QED) is 0.922. The number of nitrogen functional groups attached to an aromatic ring is 1. The number of rotatable bonds is 4. The molecule has 2 N–H and O–H groups in total. The zero-order chi connectivity index (χ0) is 13.0. The highest BCUT2D eigenvalue weighted by molar-refractivity contribution is 9.10. The maximum atomic E-state index is 5.68. The van der Waals surface area contributed by atoms with Crippen molar-refractivity contribution in [1.82, 2.24) is 4.98 Å². The fourth-order valence-electron chi connectivity index (χ4n) is 1.64.